The van der Waals surface area contributed by atoms with E-state index in [1.54, 1.807) is 7.05 Å². The molecule has 1 aliphatic heterocycles. The third-order valence-corrected chi connectivity index (χ3v) is 4.84. The second kappa shape index (κ2) is 11.5. The first-order valence-electron chi connectivity index (χ1n) is 10.0. The van der Waals surface area contributed by atoms with E-state index in [1.165, 1.54) is 17.2 Å². The average molecular weight is 418 g/mol. The van der Waals surface area contributed by atoms with E-state index in [0.29, 0.717) is 25.7 Å². The lowest BCUT2D eigenvalue weighted by Crippen LogP contribution is -2.39. The van der Waals surface area contributed by atoms with Crippen LogP contribution in [0.4, 0.5) is 8.78 Å². The Morgan fingerprint density at radius 2 is 1.83 bits per heavy atom. The van der Waals surface area contributed by atoms with Gasteiger partial charge >= 0.3 is 0 Å². The molecular formula is C22H28F2N4O2. The lowest BCUT2D eigenvalue weighted by atomic mass is 10.1. The Hall–Kier alpha value is -2.71. The molecule has 2 aromatic carbocycles. The molecule has 1 heterocycles. The Labute approximate surface area is 175 Å². The number of guanidine groups is 1. The first-order chi connectivity index (χ1) is 14.7. The number of morpholine rings is 1. The SMILES string of the molecule is CN=C(NCCOc1ccc(F)c(F)c1)NCc1ccccc1CN1CCOCC1. The topological polar surface area (TPSA) is 58.1 Å². The van der Waals surface area contributed by atoms with Gasteiger partial charge in [0.1, 0.15) is 12.4 Å². The second-order valence-corrected chi connectivity index (χ2v) is 6.93. The summed E-state index contributed by atoms with van der Waals surface area (Å²) in [4.78, 5) is 6.61. The average Bonchev–Trinajstić information content (AvgIpc) is 2.77. The van der Waals surface area contributed by atoms with Crippen LogP contribution in [0.3, 0.4) is 0 Å². The highest BCUT2D eigenvalue weighted by Gasteiger charge is 2.12. The van der Waals surface area contributed by atoms with Gasteiger partial charge in [-0.1, -0.05) is 24.3 Å². The van der Waals surface area contributed by atoms with E-state index >= 15 is 0 Å². The lowest BCUT2D eigenvalue weighted by molar-refractivity contribution is 0.0341. The van der Waals surface area contributed by atoms with Gasteiger partial charge in [0.25, 0.3) is 0 Å². The molecule has 0 spiro atoms. The minimum Gasteiger partial charge on any atom is -0.492 e. The quantitative estimate of drug-likeness (QED) is 0.392. The maximum Gasteiger partial charge on any atom is 0.191 e. The van der Waals surface area contributed by atoms with Crippen LogP contribution in [-0.4, -0.2) is 57.4 Å². The zero-order chi connectivity index (χ0) is 21.2. The van der Waals surface area contributed by atoms with E-state index in [0.717, 1.165) is 45.0 Å². The van der Waals surface area contributed by atoms with Gasteiger partial charge in [-0.15, -0.1) is 0 Å². The monoisotopic (exact) mass is 418 g/mol. The Morgan fingerprint density at radius 1 is 1.07 bits per heavy atom. The number of nitrogens with one attached hydrogen (secondary N) is 2. The normalized spacial score (nSPS) is 15.1. The predicted molar refractivity (Wildman–Crippen MR) is 113 cm³/mol. The van der Waals surface area contributed by atoms with Gasteiger partial charge in [-0.2, -0.15) is 0 Å². The van der Waals surface area contributed by atoms with Crippen molar-refractivity contribution < 1.29 is 18.3 Å². The van der Waals surface area contributed by atoms with Crippen LogP contribution in [0.15, 0.2) is 47.5 Å². The number of halogens is 2. The van der Waals surface area contributed by atoms with Crippen LogP contribution < -0.4 is 15.4 Å². The molecule has 1 saturated heterocycles. The fraction of sp³-hybridized carbons (Fsp3) is 0.409. The molecule has 3 rings (SSSR count). The van der Waals surface area contributed by atoms with Gasteiger partial charge in [-0.3, -0.25) is 9.89 Å². The van der Waals surface area contributed by atoms with E-state index in [4.69, 9.17) is 9.47 Å². The number of ether oxygens (including phenoxy) is 2. The highest BCUT2D eigenvalue weighted by Crippen LogP contribution is 2.15. The number of rotatable bonds is 8. The van der Waals surface area contributed by atoms with Crippen LogP contribution in [0.5, 0.6) is 5.75 Å². The van der Waals surface area contributed by atoms with Crippen molar-refractivity contribution in [3.63, 3.8) is 0 Å². The third-order valence-electron chi connectivity index (χ3n) is 4.84. The van der Waals surface area contributed by atoms with Gasteiger partial charge in [0.05, 0.1) is 19.8 Å². The molecule has 0 bridgehead atoms. The second-order valence-electron chi connectivity index (χ2n) is 6.93. The van der Waals surface area contributed by atoms with E-state index in [2.05, 4.69) is 38.7 Å². The molecule has 2 aromatic rings. The van der Waals surface area contributed by atoms with Crippen molar-refractivity contribution in [1.29, 1.82) is 0 Å². The number of benzene rings is 2. The molecule has 0 unspecified atom stereocenters. The summed E-state index contributed by atoms with van der Waals surface area (Å²) in [6.07, 6.45) is 0. The molecule has 0 amide bonds. The molecule has 1 aliphatic rings. The standard InChI is InChI=1S/C22H28F2N4O2/c1-25-22(26-8-11-30-19-6-7-20(23)21(24)14-19)27-15-17-4-2-3-5-18(17)16-28-9-12-29-13-10-28/h2-7,14H,8-13,15-16H2,1H3,(H2,25,26,27). The van der Waals surface area contributed by atoms with Crippen LogP contribution in [0, 0.1) is 11.6 Å². The van der Waals surface area contributed by atoms with Crippen molar-refractivity contribution >= 4 is 5.96 Å². The summed E-state index contributed by atoms with van der Waals surface area (Å²) in [5, 5.41) is 6.47. The third kappa shape index (κ3) is 6.67. The molecule has 0 aliphatic carbocycles. The van der Waals surface area contributed by atoms with Crippen molar-refractivity contribution in [2.24, 2.45) is 4.99 Å². The summed E-state index contributed by atoms with van der Waals surface area (Å²) in [6.45, 7) is 5.76. The van der Waals surface area contributed by atoms with Crippen LogP contribution in [0.1, 0.15) is 11.1 Å². The predicted octanol–water partition coefficient (Wildman–Crippen LogP) is 2.54. The molecule has 0 radical (unpaired) electrons. The minimum absolute atomic E-state index is 0.288. The van der Waals surface area contributed by atoms with Gasteiger partial charge in [0.15, 0.2) is 17.6 Å². The maximum absolute atomic E-state index is 13.2. The summed E-state index contributed by atoms with van der Waals surface area (Å²) in [5.74, 6) is -0.881. The van der Waals surface area contributed by atoms with Gasteiger partial charge in [-0.25, -0.2) is 8.78 Å². The zero-order valence-corrected chi connectivity index (χ0v) is 17.2. The summed E-state index contributed by atoms with van der Waals surface area (Å²) < 4.78 is 37.0. The lowest BCUT2D eigenvalue weighted by Gasteiger charge is -2.27. The van der Waals surface area contributed by atoms with Gasteiger partial charge in [0, 0.05) is 39.3 Å². The van der Waals surface area contributed by atoms with E-state index in [9.17, 15) is 8.78 Å². The maximum atomic E-state index is 13.2. The van der Waals surface area contributed by atoms with Crippen LogP contribution in [0.25, 0.3) is 0 Å². The van der Waals surface area contributed by atoms with Crippen molar-refractivity contribution in [3.8, 4) is 5.75 Å². The van der Waals surface area contributed by atoms with Gasteiger partial charge in [0.2, 0.25) is 0 Å². The number of hydrogen-bond acceptors (Lipinski definition) is 4. The van der Waals surface area contributed by atoms with Crippen molar-refractivity contribution in [2.45, 2.75) is 13.1 Å². The summed E-state index contributed by atoms with van der Waals surface area (Å²) >= 11 is 0. The van der Waals surface area contributed by atoms with Gasteiger partial charge < -0.3 is 20.1 Å². The molecule has 2 N–H and O–H groups in total. The van der Waals surface area contributed by atoms with Crippen molar-refractivity contribution in [3.05, 3.63) is 65.2 Å². The molecule has 162 valence electrons. The Balaban J connectivity index is 1.44. The number of hydrogen-bond donors (Lipinski definition) is 2. The molecular weight excluding hydrogens is 390 g/mol. The van der Waals surface area contributed by atoms with Gasteiger partial charge in [-0.05, 0) is 23.3 Å². The minimum atomic E-state index is -0.923. The molecule has 6 nitrogen and oxygen atoms in total. The van der Waals surface area contributed by atoms with E-state index in [-0.39, 0.29) is 5.75 Å². The van der Waals surface area contributed by atoms with E-state index < -0.39 is 11.6 Å². The Morgan fingerprint density at radius 3 is 2.57 bits per heavy atom. The first kappa shape index (κ1) is 22.0. The van der Waals surface area contributed by atoms with Crippen molar-refractivity contribution in [1.82, 2.24) is 15.5 Å². The van der Waals surface area contributed by atoms with E-state index in [1.807, 2.05) is 6.07 Å². The Bertz CT molecular complexity index is 842. The Kier molecular flexibility index (Phi) is 8.41. The molecule has 8 heteroatoms. The molecule has 30 heavy (non-hydrogen) atoms. The number of aliphatic imine (C=N–C) groups is 1. The van der Waals surface area contributed by atoms with Crippen LogP contribution >= 0.6 is 0 Å². The smallest absolute Gasteiger partial charge is 0.191 e. The number of nitrogens with zero attached hydrogens (tertiary/aromatic N) is 2. The summed E-state index contributed by atoms with van der Waals surface area (Å²) in [7, 11) is 1.70. The molecule has 0 atom stereocenters. The van der Waals surface area contributed by atoms with Crippen LogP contribution in [0.2, 0.25) is 0 Å². The first-order valence-corrected chi connectivity index (χ1v) is 10.0. The fourth-order valence-corrected chi connectivity index (χ4v) is 3.19. The molecule has 1 fully saturated rings. The summed E-state index contributed by atoms with van der Waals surface area (Å²) in [5.41, 5.74) is 2.49. The highest BCUT2D eigenvalue weighted by molar-refractivity contribution is 5.79. The molecule has 0 aromatic heterocycles. The summed E-state index contributed by atoms with van der Waals surface area (Å²) in [6, 6.07) is 11.8. The van der Waals surface area contributed by atoms with Crippen LogP contribution in [-0.2, 0) is 17.8 Å². The fourth-order valence-electron chi connectivity index (χ4n) is 3.19. The highest BCUT2D eigenvalue weighted by atomic mass is 19.2. The van der Waals surface area contributed by atoms with Crippen molar-refractivity contribution in [2.75, 3.05) is 46.5 Å². The largest absolute Gasteiger partial charge is 0.492 e. The zero-order valence-electron chi connectivity index (χ0n) is 17.2. The molecule has 0 saturated carbocycles.